The maximum absolute atomic E-state index is 3.31. The van der Waals surface area contributed by atoms with Gasteiger partial charge in [0.1, 0.15) is 0 Å². The minimum Gasteiger partial charge on any atom is -0.369 e. The first-order valence-corrected chi connectivity index (χ1v) is 6.18. The molecule has 0 saturated carbocycles. The van der Waals surface area contributed by atoms with E-state index in [4.69, 9.17) is 0 Å². The molecule has 2 aromatic carbocycles. The Kier molecular flexibility index (Phi) is 2.52. The lowest BCUT2D eigenvalue weighted by molar-refractivity contribution is 0.429. The van der Waals surface area contributed by atoms with Crippen LogP contribution in [0.3, 0.4) is 0 Å². The highest BCUT2D eigenvalue weighted by Gasteiger charge is 2.21. The van der Waals surface area contributed by atoms with E-state index in [2.05, 4.69) is 60.6 Å². The molecule has 17 heavy (non-hydrogen) atoms. The molecule has 1 heterocycles. The minimum atomic E-state index is 0.651. The van der Waals surface area contributed by atoms with Crippen molar-refractivity contribution in [2.45, 2.75) is 13.0 Å². The maximum Gasteiger partial charge on any atom is 0.0535 e. The van der Waals surface area contributed by atoms with E-state index in [1.54, 1.807) is 0 Å². The number of fused-ring (bicyclic) bond motifs is 1. The Balaban J connectivity index is 1.98. The van der Waals surface area contributed by atoms with Gasteiger partial charge in [0.2, 0.25) is 0 Å². The molecule has 0 amide bonds. The minimum absolute atomic E-state index is 0.651. The highest BCUT2D eigenvalue weighted by Crippen LogP contribution is 2.24. The second kappa shape index (κ2) is 4.04. The highest BCUT2D eigenvalue weighted by atomic mass is 15.2. The van der Waals surface area contributed by atoms with Gasteiger partial charge in [0, 0.05) is 25.8 Å². The van der Waals surface area contributed by atoms with Gasteiger partial charge >= 0.3 is 0 Å². The Labute approximate surface area is 102 Å². The predicted octanol–water partition coefficient (Wildman–Crippen LogP) is 2.56. The summed E-state index contributed by atoms with van der Waals surface area (Å²) < 4.78 is 0. The van der Waals surface area contributed by atoms with Gasteiger partial charge in [-0.25, -0.2) is 0 Å². The Bertz CT molecular complexity index is 544. The average Bonchev–Trinajstić information content (AvgIpc) is 2.26. The van der Waals surface area contributed by atoms with Crippen molar-refractivity contribution in [3.05, 3.63) is 42.0 Å². The molecule has 1 aliphatic rings. The van der Waals surface area contributed by atoms with Gasteiger partial charge in [0.05, 0.1) is 6.04 Å². The zero-order valence-corrected chi connectivity index (χ0v) is 10.4. The Morgan fingerprint density at radius 1 is 1.06 bits per heavy atom. The van der Waals surface area contributed by atoms with Crippen LogP contribution in [0.1, 0.15) is 5.56 Å². The van der Waals surface area contributed by atoms with Crippen LogP contribution in [-0.4, -0.2) is 26.2 Å². The van der Waals surface area contributed by atoms with Crippen molar-refractivity contribution >= 4 is 16.5 Å². The quantitative estimate of drug-likeness (QED) is 0.846. The van der Waals surface area contributed by atoms with Crippen LogP contribution in [0.15, 0.2) is 36.4 Å². The number of hydrogen-bond donors (Lipinski definition) is 1. The lowest BCUT2D eigenvalue weighted by Gasteiger charge is -2.37. The Morgan fingerprint density at radius 2 is 1.76 bits per heavy atom. The van der Waals surface area contributed by atoms with E-state index >= 15 is 0 Å². The van der Waals surface area contributed by atoms with Gasteiger partial charge in [-0.1, -0.05) is 29.8 Å². The van der Waals surface area contributed by atoms with Crippen LogP contribution in [0.4, 0.5) is 5.69 Å². The summed E-state index contributed by atoms with van der Waals surface area (Å²) in [5.74, 6) is 0. The molecule has 0 atom stereocenters. The van der Waals surface area contributed by atoms with Gasteiger partial charge in [-0.05, 0) is 29.8 Å². The molecule has 3 rings (SSSR count). The fourth-order valence-electron chi connectivity index (χ4n) is 2.33. The standard InChI is InChI=1S/C15H18N2/c1-11-3-4-13-8-14(6-5-12(13)7-11)17(2)15-9-16-10-15/h3-8,15-16H,9-10H2,1-2H3. The van der Waals surface area contributed by atoms with Gasteiger partial charge in [-0.15, -0.1) is 0 Å². The van der Waals surface area contributed by atoms with Crippen molar-refractivity contribution in [2.75, 3.05) is 25.0 Å². The van der Waals surface area contributed by atoms with Gasteiger partial charge in [0.15, 0.2) is 0 Å². The second-order valence-electron chi connectivity index (χ2n) is 4.96. The average molecular weight is 226 g/mol. The molecule has 0 unspecified atom stereocenters. The first-order chi connectivity index (χ1) is 8.24. The fraction of sp³-hybridized carbons (Fsp3) is 0.333. The molecule has 1 aliphatic heterocycles. The fourth-order valence-corrected chi connectivity index (χ4v) is 2.33. The molecule has 1 N–H and O–H groups in total. The van der Waals surface area contributed by atoms with Crippen molar-refractivity contribution in [2.24, 2.45) is 0 Å². The molecule has 0 radical (unpaired) electrons. The van der Waals surface area contributed by atoms with Gasteiger partial charge in [-0.3, -0.25) is 0 Å². The Morgan fingerprint density at radius 3 is 2.47 bits per heavy atom. The van der Waals surface area contributed by atoms with E-state index in [0.717, 1.165) is 13.1 Å². The second-order valence-corrected chi connectivity index (χ2v) is 4.96. The molecular formula is C15H18N2. The summed E-state index contributed by atoms with van der Waals surface area (Å²) in [6.45, 7) is 4.34. The third-order valence-electron chi connectivity index (χ3n) is 3.69. The SMILES string of the molecule is Cc1ccc2cc(N(C)C3CNC3)ccc2c1. The topological polar surface area (TPSA) is 15.3 Å². The molecular weight excluding hydrogens is 208 g/mol. The summed E-state index contributed by atoms with van der Waals surface area (Å²) in [4.78, 5) is 2.37. The molecule has 1 saturated heterocycles. The van der Waals surface area contributed by atoms with Crippen molar-refractivity contribution < 1.29 is 0 Å². The number of aryl methyl sites for hydroxylation is 1. The number of nitrogens with zero attached hydrogens (tertiary/aromatic N) is 1. The number of nitrogens with one attached hydrogen (secondary N) is 1. The van der Waals surface area contributed by atoms with Gasteiger partial charge in [-0.2, -0.15) is 0 Å². The third kappa shape index (κ3) is 1.89. The third-order valence-corrected chi connectivity index (χ3v) is 3.69. The summed E-state index contributed by atoms with van der Waals surface area (Å²) in [6, 6.07) is 14.0. The largest absolute Gasteiger partial charge is 0.369 e. The van der Waals surface area contributed by atoms with Gasteiger partial charge in [0.25, 0.3) is 0 Å². The summed E-state index contributed by atoms with van der Waals surface area (Å²) in [5, 5.41) is 5.97. The molecule has 0 bridgehead atoms. The van der Waals surface area contributed by atoms with Crippen LogP contribution in [0.2, 0.25) is 0 Å². The molecule has 1 fully saturated rings. The van der Waals surface area contributed by atoms with E-state index in [0.29, 0.717) is 6.04 Å². The number of rotatable bonds is 2. The zero-order chi connectivity index (χ0) is 11.8. The summed E-state index contributed by atoms with van der Waals surface area (Å²) in [6.07, 6.45) is 0. The van der Waals surface area contributed by atoms with Gasteiger partial charge < -0.3 is 10.2 Å². The lowest BCUT2D eigenvalue weighted by Crippen LogP contribution is -2.56. The Hall–Kier alpha value is -1.54. The van der Waals surface area contributed by atoms with E-state index in [-0.39, 0.29) is 0 Å². The van der Waals surface area contributed by atoms with Crippen LogP contribution < -0.4 is 10.2 Å². The number of benzene rings is 2. The molecule has 0 aromatic heterocycles. The van der Waals surface area contributed by atoms with Crippen LogP contribution in [0, 0.1) is 6.92 Å². The molecule has 2 aromatic rings. The molecule has 2 heteroatoms. The highest BCUT2D eigenvalue weighted by molar-refractivity contribution is 5.86. The van der Waals surface area contributed by atoms with Crippen LogP contribution >= 0.6 is 0 Å². The number of hydrogen-bond acceptors (Lipinski definition) is 2. The van der Waals surface area contributed by atoms with E-state index in [1.165, 1.54) is 22.0 Å². The van der Waals surface area contributed by atoms with Crippen molar-refractivity contribution in [3.63, 3.8) is 0 Å². The number of likely N-dealkylation sites (N-methyl/N-ethyl adjacent to an activating group) is 1. The molecule has 88 valence electrons. The van der Waals surface area contributed by atoms with Crippen LogP contribution in [0.25, 0.3) is 10.8 Å². The predicted molar refractivity (Wildman–Crippen MR) is 73.7 cm³/mol. The van der Waals surface area contributed by atoms with Crippen molar-refractivity contribution in [1.29, 1.82) is 0 Å². The maximum atomic E-state index is 3.31. The van der Waals surface area contributed by atoms with E-state index in [1.807, 2.05) is 0 Å². The smallest absolute Gasteiger partial charge is 0.0535 e. The van der Waals surface area contributed by atoms with E-state index in [9.17, 15) is 0 Å². The van der Waals surface area contributed by atoms with Crippen molar-refractivity contribution in [3.8, 4) is 0 Å². The molecule has 2 nitrogen and oxygen atoms in total. The monoisotopic (exact) mass is 226 g/mol. The molecule has 0 spiro atoms. The van der Waals surface area contributed by atoms with E-state index < -0.39 is 0 Å². The van der Waals surface area contributed by atoms with Crippen LogP contribution in [-0.2, 0) is 0 Å². The van der Waals surface area contributed by atoms with Crippen molar-refractivity contribution in [1.82, 2.24) is 5.32 Å². The summed E-state index contributed by atoms with van der Waals surface area (Å²) in [7, 11) is 2.18. The normalized spacial score (nSPS) is 15.9. The lowest BCUT2D eigenvalue weighted by atomic mass is 10.1. The molecule has 0 aliphatic carbocycles. The summed E-state index contributed by atoms with van der Waals surface area (Å²) >= 11 is 0. The number of anilines is 1. The zero-order valence-electron chi connectivity index (χ0n) is 10.4. The first-order valence-electron chi connectivity index (χ1n) is 6.18. The summed E-state index contributed by atoms with van der Waals surface area (Å²) in [5.41, 5.74) is 2.63. The first kappa shape index (κ1) is 10.6. The van der Waals surface area contributed by atoms with Crippen LogP contribution in [0.5, 0.6) is 0 Å².